The maximum absolute atomic E-state index is 12.7. The third-order valence-corrected chi connectivity index (χ3v) is 4.53. The molecule has 0 saturated heterocycles. The number of nitrogens with one attached hydrogen (secondary N) is 1. The van der Waals surface area contributed by atoms with Crippen LogP contribution in [0.3, 0.4) is 0 Å². The van der Waals surface area contributed by atoms with E-state index >= 15 is 0 Å². The van der Waals surface area contributed by atoms with Gasteiger partial charge in [-0.05, 0) is 23.6 Å². The number of hydrogen-bond donors (Lipinski definition) is 1. The zero-order chi connectivity index (χ0) is 19.0. The molecule has 4 rings (SSSR count). The van der Waals surface area contributed by atoms with Crippen LogP contribution in [0.5, 0.6) is 11.5 Å². The number of ketones is 1. The molecule has 6 nitrogen and oxygen atoms in total. The summed E-state index contributed by atoms with van der Waals surface area (Å²) in [6.07, 6.45) is 0. The molecule has 1 aliphatic rings. The molecule has 0 unspecified atom stereocenters. The summed E-state index contributed by atoms with van der Waals surface area (Å²) in [7, 11) is 3.02. The van der Waals surface area contributed by atoms with Crippen LogP contribution in [0.2, 0.25) is 0 Å². The molecule has 1 N–H and O–H groups in total. The summed E-state index contributed by atoms with van der Waals surface area (Å²) in [5.41, 5.74) is 4.37. The third-order valence-electron chi connectivity index (χ3n) is 4.53. The largest absolute Gasteiger partial charge is 0.493 e. The van der Waals surface area contributed by atoms with Crippen molar-refractivity contribution in [3.63, 3.8) is 0 Å². The van der Waals surface area contributed by atoms with Crippen molar-refractivity contribution >= 4 is 28.2 Å². The molecule has 0 bridgehead atoms. The maximum atomic E-state index is 12.7. The molecule has 134 valence electrons. The fourth-order valence-electron chi connectivity index (χ4n) is 3.24. The number of ether oxygens (including phenoxy) is 2. The number of methoxy groups -OCH3 is 2. The molecule has 0 aromatic heterocycles. The molecule has 0 radical (unpaired) electrons. The molecule has 3 aromatic rings. The number of Topliss-reactive ketones (excluding diaryl/α,β-unsaturated/α-hetero) is 1. The molecule has 6 heteroatoms. The van der Waals surface area contributed by atoms with Crippen LogP contribution >= 0.6 is 0 Å². The number of hydrazone groups is 1. The Hall–Kier alpha value is -3.67. The van der Waals surface area contributed by atoms with Gasteiger partial charge in [-0.15, -0.1) is 0 Å². The highest BCUT2D eigenvalue weighted by Crippen LogP contribution is 2.31. The molecule has 0 atom stereocenters. The van der Waals surface area contributed by atoms with Gasteiger partial charge in [0.05, 0.1) is 14.2 Å². The van der Waals surface area contributed by atoms with E-state index in [1.54, 1.807) is 24.3 Å². The van der Waals surface area contributed by atoms with Crippen LogP contribution in [0.25, 0.3) is 10.8 Å². The second kappa shape index (κ2) is 6.57. The average Bonchev–Trinajstić information content (AvgIpc) is 2.99. The number of amides is 1. The SMILES string of the molecule is COc1ccc(C(=O)NN=C2C(=O)c3cccc4cccc2c34)cc1OC. The molecule has 27 heavy (non-hydrogen) atoms. The number of carbonyl (C=O) groups is 2. The Bertz CT molecular complexity index is 1110. The highest BCUT2D eigenvalue weighted by atomic mass is 16.5. The van der Waals surface area contributed by atoms with Gasteiger partial charge in [0.25, 0.3) is 5.91 Å². The Kier molecular flexibility index (Phi) is 4.08. The molecule has 3 aromatic carbocycles. The van der Waals surface area contributed by atoms with Gasteiger partial charge in [-0.25, -0.2) is 5.43 Å². The van der Waals surface area contributed by atoms with Crippen LogP contribution in [0.1, 0.15) is 26.3 Å². The molecule has 0 saturated carbocycles. The Morgan fingerprint density at radius 2 is 1.63 bits per heavy atom. The number of hydrogen-bond acceptors (Lipinski definition) is 5. The molecular formula is C21H16N2O4. The summed E-state index contributed by atoms with van der Waals surface area (Å²) in [6, 6.07) is 16.0. The van der Waals surface area contributed by atoms with Gasteiger partial charge in [-0.1, -0.05) is 36.4 Å². The van der Waals surface area contributed by atoms with Gasteiger partial charge < -0.3 is 9.47 Å². The van der Waals surface area contributed by atoms with E-state index in [0.717, 1.165) is 16.3 Å². The quantitative estimate of drug-likeness (QED) is 0.725. The van der Waals surface area contributed by atoms with Crippen LogP contribution < -0.4 is 14.9 Å². The molecule has 1 aliphatic carbocycles. The van der Waals surface area contributed by atoms with Crippen LogP contribution in [-0.2, 0) is 0 Å². The second-order valence-corrected chi connectivity index (χ2v) is 6.01. The highest BCUT2D eigenvalue weighted by Gasteiger charge is 2.29. The number of nitrogens with zero attached hydrogens (tertiary/aromatic N) is 1. The molecular weight excluding hydrogens is 344 g/mol. The van der Waals surface area contributed by atoms with Crippen molar-refractivity contribution in [1.29, 1.82) is 0 Å². The van der Waals surface area contributed by atoms with Crippen molar-refractivity contribution in [2.45, 2.75) is 0 Å². The molecule has 0 spiro atoms. The molecule has 1 amide bonds. The normalized spacial score (nSPS) is 13.9. The van der Waals surface area contributed by atoms with E-state index in [1.807, 2.05) is 30.3 Å². The van der Waals surface area contributed by atoms with Crippen LogP contribution in [0, 0.1) is 0 Å². The van der Waals surface area contributed by atoms with Crippen LogP contribution in [-0.4, -0.2) is 31.6 Å². The zero-order valence-electron chi connectivity index (χ0n) is 14.8. The van der Waals surface area contributed by atoms with E-state index in [2.05, 4.69) is 10.5 Å². The summed E-state index contributed by atoms with van der Waals surface area (Å²) in [5, 5.41) is 5.95. The summed E-state index contributed by atoms with van der Waals surface area (Å²) in [5.74, 6) is 0.314. The fraction of sp³-hybridized carbons (Fsp3) is 0.0952. The lowest BCUT2D eigenvalue weighted by Gasteiger charge is -2.09. The smallest absolute Gasteiger partial charge is 0.271 e. The van der Waals surface area contributed by atoms with Gasteiger partial charge in [0, 0.05) is 22.1 Å². The van der Waals surface area contributed by atoms with Crippen molar-refractivity contribution in [3.8, 4) is 11.5 Å². The summed E-state index contributed by atoms with van der Waals surface area (Å²) < 4.78 is 10.4. The van der Waals surface area contributed by atoms with E-state index in [9.17, 15) is 9.59 Å². The minimum atomic E-state index is -0.445. The fourth-order valence-corrected chi connectivity index (χ4v) is 3.24. The first-order valence-electron chi connectivity index (χ1n) is 8.31. The Morgan fingerprint density at radius 3 is 2.33 bits per heavy atom. The Morgan fingerprint density at radius 1 is 0.926 bits per heavy atom. The third kappa shape index (κ3) is 2.71. The first-order valence-corrected chi connectivity index (χ1v) is 8.31. The average molecular weight is 360 g/mol. The summed E-state index contributed by atoms with van der Waals surface area (Å²) >= 11 is 0. The number of carbonyl (C=O) groups excluding carboxylic acids is 2. The Balaban J connectivity index is 1.65. The molecule has 0 fully saturated rings. The predicted molar refractivity (Wildman–Crippen MR) is 102 cm³/mol. The van der Waals surface area contributed by atoms with Gasteiger partial charge in [-0.2, -0.15) is 5.10 Å². The second-order valence-electron chi connectivity index (χ2n) is 6.01. The monoisotopic (exact) mass is 360 g/mol. The number of benzene rings is 3. The van der Waals surface area contributed by atoms with E-state index in [4.69, 9.17) is 9.47 Å². The van der Waals surface area contributed by atoms with Gasteiger partial charge in [0.2, 0.25) is 5.78 Å². The van der Waals surface area contributed by atoms with Crippen LogP contribution in [0.15, 0.2) is 59.7 Å². The lowest BCUT2D eigenvalue weighted by molar-refractivity contribution is 0.0954. The zero-order valence-corrected chi connectivity index (χ0v) is 14.8. The highest BCUT2D eigenvalue weighted by molar-refractivity contribution is 6.59. The van der Waals surface area contributed by atoms with Gasteiger partial charge >= 0.3 is 0 Å². The molecule has 0 heterocycles. The van der Waals surface area contributed by atoms with E-state index in [0.29, 0.717) is 22.6 Å². The predicted octanol–water partition coefficient (Wildman–Crippen LogP) is 3.19. The van der Waals surface area contributed by atoms with Gasteiger partial charge in [0.15, 0.2) is 11.5 Å². The van der Waals surface area contributed by atoms with E-state index in [-0.39, 0.29) is 11.5 Å². The minimum Gasteiger partial charge on any atom is -0.493 e. The first kappa shape index (κ1) is 16.8. The van der Waals surface area contributed by atoms with E-state index < -0.39 is 5.91 Å². The van der Waals surface area contributed by atoms with Gasteiger partial charge in [-0.3, -0.25) is 9.59 Å². The van der Waals surface area contributed by atoms with Crippen molar-refractivity contribution in [1.82, 2.24) is 5.43 Å². The van der Waals surface area contributed by atoms with Crippen molar-refractivity contribution in [2.24, 2.45) is 5.10 Å². The van der Waals surface area contributed by atoms with E-state index in [1.165, 1.54) is 14.2 Å². The lowest BCUT2D eigenvalue weighted by atomic mass is 10.1. The van der Waals surface area contributed by atoms with Crippen LogP contribution in [0.4, 0.5) is 0 Å². The maximum Gasteiger partial charge on any atom is 0.271 e. The topological polar surface area (TPSA) is 77.0 Å². The first-order chi connectivity index (χ1) is 13.1. The van der Waals surface area contributed by atoms with Crippen molar-refractivity contribution < 1.29 is 19.1 Å². The van der Waals surface area contributed by atoms with Crippen molar-refractivity contribution in [2.75, 3.05) is 14.2 Å². The summed E-state index contributed by atoms with van der Waals surface area (Å²) in [6.45, 7) is 0. The summed E-state index contributed by atoms with van der Waals surface area (Å²) in [4.78, 5) is 25.2. The minimum absolute atomic E-state index is 0.200. The standard InChI is InChI=1S/C21H16N2O4/c1-26-16-10-9-13(11-17(16)27-2)21(25)23-22-19-14-7-3-5-12-6-4-8-15(18(12)14)20(19)24/h3-11H,1-2H3,(H,23,25). The van der Waals surface area contributed by atoms with Gasteiger partial charge in [0.1, 0.15) is 5.71 Å². The molecule has 0 aliphatic heterocycles. The Labute approximate surface area is 155 Å². The number of rotatable bonds is 4. The van der Waals surface area contributed by atoms with Crippen molar-refractivity contribution in [3.05, 3.63) is 71.3 Å². The lowest BCUT2D eigenvalue weighted by Crippen LogP contribution is -2.22.